The van der Waals surface area contributed by atoms with Gasteiger partial charge in [0.25, 0.3) is 0 Å². The van der Waals surface area contributed by atoms with Crippen molar-refractivity contribution in [2.24, 2.45) is 11.8 Å². The molecule has 1 aromatic rings. The van der Waals surface area contributed by atoms with Gasteiger partial charge in [0.05, 0.1) is 0 Å². The van der Waals surface area contributed by atoms with Crippen molar-refractivity contribution in [3.63, 3.8) is 0 Å². The van der Waals surface area contributed by atoms with Crippen molar-refractivity contribution in [3.05, 3.63) is 29.8 Å². The molecule has 2 heteroatoms. The number of rotatable bonds is 3. The Morgan fingerprint density at radius 1 is 1.22 bits per heavy atom. The molecule has 1 aromatic carbocycles. The van der Waals surface area contributed by atoms with E-state index in [2.05, 4.69) is 36.5 Å². The first-order chi connectivity index (χ1) is 8.84. The minimum absolute atomic E-state index is 0.593. The first-order valence-corrected chi connectivity index (χ1v) is 8.28. The molecule has 3 unspecified atom stereocenters. The topological polar surface area (TPSA) is 12.0 Å². The molecule has 2 aliphatic rings. The minimum atomic E-state index is 0.593. The highest BCUT2D eigenvalue weighted by Gasteiger charge is 2.25. The Labute approximate surface area is 115 Å². The van der Waals surface area contributed by atoms with Crippen molar-refractivity contribution in [1.82, 2.24) is 5.32 Å². The molecule has 1 N–H and O–H groups in total. The van der Waals surface area contributed by atoms with Gasteiger partial charge >= 0.3 is 0 Å². The molecule has 1 fully saturated rings. The first kappa shape index (κ1) is 12.6. The SMILES string of the molecule is CC1CCCC1CNC1CCSc2ccccc21. The normalized spacial score (nSPS) is 31.3. The van der Waals surface area contributed by atoms with Crippen LogP contribution in [0.5, 0.6) is 0 Å². The van der Waals surface area contributed by atoms with Crippen LogP contribution in [-0.4, -0.2) is 12.3 Å². The molecule has 1 aliphatic heterocycles. The van der Waals surface area contributed by atoms with Crippen molar-refractivity contribution in [2.75, 3.05) is 12.3 Å². The van der Waals surface area contributed by atoms with Gasteiger partial charge in [0.1, 0.15) is 0 Å². The van der Waals surface area contributed by atoms with Crippen molar-refractivity contribution < 1.29 is 0 Å². The molecular formula is C16H23NS. The quantitative estimate of drug-likeness (QED) is 0.873. The molecule has 98 valence electrons. The Bertz CT molecular complexity index is 404. The zero-order valence-electron chi connectivity index (χ0n) is 11.2. The van der Waals surface area contributed by atoms with E-state index in [1.807, 2.05) is 11.8 Å². The fourth-order valence-corrected chi connectivity index (χ4v) is 4.50. The molecule has 1 heterocycles. The molecule has 0 spiro atoms. The second-order valence-electron chi connectivity index (χ2n) is 5.80. The lowest BCUT2D eigenvalue weighted by molar-refractivity contribution is 0.363. The Hall–Kier alpha value is -0.470. The average Bonchev–Trinajstić information content (AvgIpc) is 2.82. The highest BCUT2D eigenvalue weighted by Crippen LogP contribution is 2.37. The Morgan fingerprint density at radius 2 is 2.11 bits per heavy atom. The van der Waals surface area contributed by atoms with E-state index in [-0.39, 0.29) is 0 Å². The third kappa shape index (κ3) is 2.60. The van der Waals surface area contributed by atoms with Crippen LogP contribution in [0, 0.1) is 11.8 Å². The van der Waals surface area contributed by atoms with Crippen LogP contribution in [0.3, 0.4) is 0 Å². The van der Waals surface area contributed by atoms with Crippen LogP contribution in [0.25, 0.3) is 0 Å². The molecule has 1 saturated carbocycles. The van der Waals surface area contributed by atoms with Gasteiger partial charge < -0.3 is 5.32 Å². The van der Waals surface area contributed by atoms with Gasteiger partial charge in [-0.2, -0.15) is 0 Å². The van der Waals surface area contributed by atoms with E-state index >= 15 is 0 Å². The highest BCUT2D eigenvalue weighted by molar-refractivity contribution is 7.99. The van der Waals surface area contributed by atoms with E-state index in [1.165, 1.54) is 48.4 Å². The summed E-state index contributed by atoms with van der Waals surface area (Å²) in [5.41, 5.74) is 1.53. The summed E-state index contributed by atoms with van der Waals surface area (Å²) in [6, 6.07) is 9.50. The molecule has 1 nitrogen and oxygen atoms in total. The summed E-state index contributed by atoms with van der Waals surface area (Å²) in [5.74, 6) is 3.09. The predicted octanol–water partition coefficient (Wildman–Crippen LogP) is 4.25. The van der Waals surface area contributed by atoms with Crippen molar-refractivity contribution >= 4 is 11.8 Å². The van der Waals surface area contributed by atoms with E-state index in [0.717, 1.165) is 11.8 Å². The van der Waals surface area contributed by atoms with Gasteiger partial charge in [-0.15, -0.1) is 11.8 Å². The maximum absolute atomic E-state index is 3.84. The van der Waals surface area contributed by atoms with Gasteiger partial charge in [-0.25, -0.2) is 0 Å². The fraction of sp³-hybridized carbons (Fsp3) is 0.625. The van der Waals surface area contributed by atoms with Crippen LogP contribution >= 0.6 is 11.8 Å². The number of hydrogen-bond acceptors (Lipinski definition) is 2. The molecule has 0 aromatic heterocycles. The zero-order valence-corrected chi connectivity index (χ0v) is 12.0. The standard InChI is InChI=1S/C16H23NS/c1-12-5-4-6-13(12)11-17-15-9-10-18-16-8-3-2-7-14(15)16/h2-3,7-8,12-13,15,17H,4-6,9-11H2,1H3. The van der Waals surface area contributed by atoms with Gasteiger partial charge in [-0.05, 0) is 48.6 Å². The van der Waals surface area contributed by atoms with Gasteiger partial charge in [-0.3, -0.25) is 0 Å². The molecule has 0 amide bonds. The third-order valence-electron chi connectivity index (χ3n) is 4.62. The van der Waals surface area contributed by atoms with E-state index in [4.69, 9.17) is 0 Å². The molecule has 1 aliphatic carbocycles. The molecule has 18 heavy (non-hydrogen) atoms. The lowest BCUT2D eigenvalue weighted by Gasteiger charge is -2.28. The number of benzene rings is 1. The van der Waals surface area contributed by atoms with Crippen LogP contribution in [-0.2, 0) is 0 Å². The molecular weight excluding hydrogens is 238 g/mol. The van der Waals surface area contributed by atoms with Crippen LogP contribution in [0.1, 0.15) is 44.2 Å². The molecule has 0 bridgehead atoms. The van der Waals surface area contributed by atoms with Crippen LogP contribution < -0.4 is 5.32 Å². The lowest BCUT2D eigenvalue weighted by atomic mass is 9.96. The average molecular weight is 261 g/mol. The Balaban J connectivity index is 1.64. The summed E-state index contributed by atoms with van der Waals surface area (Å²) >= 11 is 2.01. The summed E-state index contributed by atoms with van der Waals surface area (Å²) in [4.78, 5) is 1.49. The monoisotopic (exact) mass is 261 g/mol. The summed E-state index contributed by atoms with van der Waals surface area (Å²) in [7, 11) is 0. The summed E-state index contributed by atoms with van der Waals surface area (Å²) in [6.45, 7) is 3.63. The van der Waals surface area contributed by atoms with Gasteiger partial charge in [0.15, 0.2) is 0 Å². The summed E-state index contributed by atoms with van der Waals surface area (Å²) < 4.78 is 0. The van der Waals surface area contributed by atoms with Crippen LogP contribution in [0.2, 0.25) is 0 Å². The number of fused-ring (bicyclic) bond motifs is 1. The van der Waals surface area contributed by atoms with E-state index in [1.54, 1.807) is 0 Å². The zero-order chi connectivity index (χ0) is 12.4. The fourth-order valence-electron chi connectivity index (χ4n) is 3.37. The van der Waals surface area contributed by atoms with E-state index in [9.17, 15) is 0 Å². The lowest BCUT2D eigenvalue weighted by Crippen LogP contribution is -2.30. The van der Waals surface area contributed by atoms with Crippen LogP contribution in [0.15, 0.2) is 29.2 Å². The number of thioether (sulfide) groups is 1. The minimum Gasteiger partial charge on any atom is -0.310 e. The predicted molar refractivity (Wildman–Crippen MR) is 79.0 cm³/mol. The van der Waals surface area contributed by atoms with Crippen molar-refractivity contribution in [2.45, 2.75) is 43.5 Å². The van der Waals surface area contributed by atoms with E-state index in [0.29, 0.717) is 6.04 Å². The maximum atomic E-state index is 3.84. The van der Waals surface area contributed by atoms with Gasteiger partial charge in [0, 0.05) is 10.9 Å². The van der Waals surface area contributed by atoms with Crippen molar-refractivity contribution in [1.29, 1.82) is 0 Å². The number of nitrogens with one attached hydrogen (secondary N) is 1. The van der Waals surface area contributed by atoms with Gasteiger partial charge in [-0.1, -0.05) is 38.0 Å². The second-order valence-corrected chi connectivity index (χ2v) is 6.94. The molecule has 0 radical (unpaired) electrons. The second kappa shape index (κ2) is 5.66. The Kier molecular flexibility index (Phi) is 3.95. The molecule has 3 atom stereocenters. The smallest absolute Gasteiger partial charge is 0.0339 e. The van der Waals surface area contributed by atoms with Crippen molar-refractivity contribution in [3.8, 4) is 0 Å². The summed E-state index contributed by atoms with van der Waals surface area (Å²) in [6.07, 6.45) is 5.58. The largest absolute Gasteiger partial charge is 0.310 e. The van der Waals surface area contributed by atoms with Gasteiger partial charge in [0.2, 0.25) is 0 Å². The summed E-state index contributed by atoms with van der Waals surface area (Å²) in [5, 5.41) is 3.84. The Morgan fingerprint density at radius 3 is 2.94 bits per heavy atom. The maximum Gasteiger partial charge on any atom is 0.0339 e. The van der Waals surface area contributed by atoms with E-state index < -0.39 is 0 Å². The first-order valence-electron chi connectivity index (χ1n) is 7.29. The number of hydrogen-bond donors (Lipinski definition) is 1. The molecule has 0 saturated heterocycles. The highest BCUT2D eigenvalue weighted by atomic mass is 32.2. The molecule has 3 rings (SSSR count). The van der Waals surface area contributed by atoms with Crippen LogP contribution in [0.4, 0.5) is 0 Å². The third-order valence-corrected chi connectivity index (χ3v) is 5.75.